The van der Waals surface area contributed by atoms with Crippen LogP contribution in [-0.4, -0.2) is 21.7 Å². The average Bonchev–Trinajstić information content (AvgIpc) is 3.01. The molecule has 2 N–H and O–H groups in total. The molecule has 0 aliphatic carbocycles. The van der Waals surface area contributed by atoms with Gasteiger partial charge in [0.15, 0.2) is 0 Å². The summed E-state index contributed by atoms with van der Waals surface area (Å²) in [7, 11) is 0. The lowest BCUT2D eigenvalue weighted by molar-refractivity contribution is -0.757. The van der Waals surface area contributed by atoms with Crippen molar-refractivity contribution in [3.8, 4) is 0 Å². The SMILES string of the molecule is CCCc1sc(NNc2nc(C)c(CCO[N+](=O)[O-])s2)nc1C. The maximum absolute atomic E-state index is 10.2. The Balaban J connectivity index is 1.90. The predicted molar refractivity (Wildman–Crippen MR) is 91.6 cm³/mol. The fourth-order valence-electron chi connectivity index (χ4n) is 1.97. The zero-order valence-corrected chi connectivity index (χ0v) is 14.8. The first kappa shape index (κ1) is 17.4. The standard InChI is InChI=1S/C13H19N5O3S2/c1-4-5-10-8(2)14-12(22-10)16-17-13-15-9(3)11(23-13)6-7-21-18(19)20/h4-7H2,1-3H3,(H,14,16)(H,15,17). The molecule has 0 radical (unpaired) electrons. The van der Waals surface area contributed by atoms with Crippen molar-refractivity contribution in [1.82, 2.24) is 9.97 Å². The summed E-state index contributed by atoms with van der Waals surface area (Å²) in [6.07, 6.45) is 2.59. The highest BCUT2D eigenvalue weighted by atomic mass is 32.1. The summed E-state index contributed by atoms with van der Waals surface area (Å²) in [5.41, 5.74) is 7.99. The molecule has 0 saturated heterocycles. The summed E-state index contributed by atoms with van der Waals surface area (Å²) in [6, 6.07) is 0. The van der Waals surface area contributed by atoms with Crippen molar-refractivity contribution in [2.24, 2.45) is 0 Å². The summed E-state index contributed by atoms with van der Waals surface area (Å²) in [6.45, 7) is 6.06. The first-order valence-electron chi connectivity index (χ1n) is 7.21. The van der Waals surface area contributed by atoms with Crippen LogP contribution in [0.25, 0.3) is 0 Å². The van der Waals surface area contributed by atoms with E-state index >= 15 is 0 Å². The van der Waals surface area contributed by atoms with Gasteiger partial charge in [0.25, 0.3) is 5.09 Å². The first-order chi connectivity index (χ1) is 11.0. The average molecular weight is 357 g/mol. The van der Waals surface area contributed by atoms with Gasteiger partial charge in [-0.3, -0.25) is 10.9 Å². The first-order valence-corrected chi connectivity index (χ1v) is 8.84. The van der Waals surface area contributed by atoms with Crippen LogP contribution < -0.4 is 10.9 Å². The highest BCUT2D eigenvalue weighted by molar-refractivity contribution is 7.16. The van der Waals surface area contributed by atoms with E-state index in [0.717, 1.165) is 34.2 Å². The van der Waals surface area contributed by atoms with Gasteiger partial charge >= 0.3 is 0 Å². The van der Waals surface area contributed by atoms with E-state index in [4.69, 9.17) is 0 Å². The Morgan fingerprint density at radius 3 is 2.09 bits per heavy atom. The fraction of sp³-hybridized carbons (Fsp3) is 0.538. The molecule has 0 bridgehead atoms. The van der Waals surface area contributed by atoms with Crippen molar-refractivity contribution in [3.63, 3.8) is 0 Å². The highest BCUT2D eigenvalue weighted by Gasteiger charge is 2.10. The van der Waals surface area contributed by atoms with Crippen LogP contribution in [0, 0.1) is 24.0 Å². The van der Waals surface area contributed by atoms with Gasteiger partial charge in [0.1, 0.15) is 6.61 Å². The van der Waals surface area contributed by atoms with Crippen molar-refractivity contribution in [3.05, 3.63) is 31.3 Å². The zero-order valence-electron chi connectivity index (χ0n) is 13.2. The van der Waals surface area contributed by atoms with Crippen LogP contribution in [0.2, 0.25) is 0 Å². The van der Waals surface area contributed by atoms with Crippen molar-refractivity contribution in [1.29, 1.82) is 0 Å². The van der Waals surface area contributed by atoms with E-state index in [1.165, 1.54) is 16.2 Å². The van der Waals surface area contributed by atoms with Crippen molar-refractivity contribution in [2.75, 3.05) is 17.5 Å². The van der Waals surface area contributed by atoms with E-state index in [0.29, 0.717) is 11.6 Å². The molecule has 2 aromatic rings. The Morgan fingerprint density at radius 1 is 1.09 bits per heavy atom. The smallest absolute Gasteiger partial charge is 0.294 e. The van der Waals surface area contributed by atoms with Gasteiger partial charge in [0.05, 0.1) is 11.4 Å². The summed E-state index contributed by atoms with van der Waals surface area (Å²) in [5, 5.41) is 10.9. The van der Waals surface area contributed by atoms with Gasteiger partial charge in [-0.25, -0.2) is 9.97 Å². The largest absolute Gasteiger partial charge is 0.314 e. The number of hydrogen-bond acceptors (Lipinski definition) is 9. The number of nitrogens with zero attached hydrogens (tertiary/aromatic N) is 3. The second-order valence-electron chi connectivity index (χ2n) is 4.86. The molecular weight excluding hydrogens is 338 g/mol. The Kier molecular flexibility index (Phi) is 6.11. The number of hydrazine groups is 1. The second kappa shape index (κ2) is 8.06. The maximum atomic E-state index is 10.2. The number of anilines is 2. The maximum Gasteiger partial charge on any atom is 0.294 e. The Morgan fingerprint density at radius 2 is 1.61 bits per heavy atom. The van der Waals surface area contributed by atoms with E-state index in [2.05, 4.69) is 32.6 Å². The van der Waals surface area contributed by atoms with Crippen molar-refractivity contribution < 1.29 is 9.92 Å². The Hall–Kier alpha value is -1.94. The monoisotopic (exact) mass is 357 g/mol. The number of hydrogen-bond donors (Lipinski definition) is 2. The molecule has 2 heterocycles. The lowest BCUT2D eigenvalue weighted by atomic mass is 10.2. The molecule has 2 aromatic heterocycles. The van der Waals surface area contributed by atoms with E-state index in [1.54, 1.807) is 11.3 Å². The quantitative estimate of drug-likeness (QED) is 0.524. The van der Waals surface area contributed by atoms with E-state index in [9.17, 15) is 10.1 Å². The normalized spacial score (nSPS) is 10.6. The summed E-state index contributed by atoms with van der Waals surface area (Å²) in [5.74, 6) is 0. The molecule has 126 valence electrons. The number of aryl methyl sites for hydroxylation is 3. The van der Waals surface area contributed by atoms with Crippen LogP contribution in [-0.2, 0) is 17.7 Å². The Labute approximate surface area is 142 Å². The van der Waals surface area contributed by atoms with Gasteiger partial charge < -0.3 is 4.84 Å². The second-order valence-corrected chi connectivity index (χ2v) is 7.03. The molecule has 0 amide bonds. The number of aromatic nitrogens is 2. The lowest BCUT2D eigenvalue weighted by Gasteiger charge is -2.01. The van der Waals surface area contributed by atoms with E-state index in [-0.39, 0.29) is 6.61 Å². The van der Waals surface area contributed by atoms with Crippen LogP contribution in [0.4, 0.5) is 10.3 Å². The van der Waals surface area contributed by atoms with E-state index < -0.39 is 5.09 Å². The number of rotatable bonds is 9. The molecule has 2 rings (SSSR count). The minimum absolute atomic E-state index is 0.0367. The summed E-state index contributed by atoms with van der Waals surface area (Å²) < 4.78 is 0. The Bertz CT molecular complexity index is 671. The third kappa shape index (κ3) is 5.03. The fourth-order valence-corrected chi connectivity index (χ4v) is 3.89. The molecule has 0 aliphatic heterocycles. The molecule has 0 fully saturated rings. The van der Waals surface area contributed by atoms with Gasteiger partial charge in [-0.05, 0) is 20.3 Å². The van der Waals surface area contributed by atoms with Crippen molar-refractivity contribution >= 4 is 32.9 Å². The van der Waals surface area contributed by atoms with Gasteiger partial charge in [-0.15, -0.1) is 32.8 Å². The van der Waals surface area contributed by atoms with Crippen LogP contribution in [0.1, 0.15) is 34.5 Å². The molecule has 8 nitrogen and oxygen atoms in total. The summed E-state index contributed by atoms with van der Waals surface area (Å²) in [4.78, 5) is 25.6. The van der Waals surface area contributed by atoms with Crippen LogP contribution >= 0.6 is 22.7 Å². The molecule has 0 saturated carbocycles. The zero-order chi connectivity index (χ0) is 16.8. The predicted octanol–water partition coefficient (Wildman–Crippen LogP) is 3.36. The summed E-state index contributed by atoms with van der Waals surface area (Å²) >= 11 is 3.07. The third-order valence-electron chi connectivity index (χ3n) is 3.06. The molecule has 0 atom stereocenters. The molecule has 0 spiro atoms. The number of nitrogens with one attached hydrogen (secondary N) is 2. The van der Waals surface area contributed by atoms with Gasteiger partial charge in [-0.2, -0.15) is 0 Å². The van der Waals surface area contributed by atoms with Crippen LogP contribution in [0.3, 0.4) is 0 Å². The minimum atomic E-state index is -0.782. The lowest BCUT2D eigenvalue weighted by Crippen LogP contribution is -2.07. The molecule has 0 unspecified atom stereocenters. The molecule has 23 heavy (non-hydrogen) atoms. The van der Waals surface area contributed by atoms with Crippen molar-refractivity contribution in [2.45, 2.75) is 40.0 Å². The molecule has 0 aromatic carbocycles. The molecule has 10 heteroatoms. The third-order valence-corrected chi connectivity index (χ3v) is 5.33. The number of thiazole rings is 2. The van der Waals surface area contributed by atoms with Crippen LogP contribution in [0.15, 0.2) is 0 Å². The topological polar surface area (TPSA) is 102 Å². The van der Waals surface area contributed by atoms with Gasteiger partial charge in [0.2, 0.25) is 10.3 Å². The van der Waals surface area contributed by atoms with Crippen LogP contribution in [0.5, 0.6) is 0 Å². The van der Waals surface area contributed by atoms with E-state index in [1.807, 2.05) is 13.8 Å². The molecule has 0 aliphatic rings. The van der Waals surface area contributed by atoms with Gasteiger partial charge in [-0.1, -0.05) is 13.3 Å². The minimum Gasteiger partial charge on any atom is -0.314 e. The highest BCUT2D eigenvalue weighted by Crippen LogP contribution is 2.26. The van der Waals surface area contributed by atoms with Gasteiger partial charge in [0, 0.05) is 16.2 Å². The molecular formula is C13H19N5O3S2.